The largest absolute Gasteiger partial charge is 0.465 e. The normalized spacial score (nSPS) is 29.2. The van der Waals surface area contributed by atoms with Crippen molar-refractivity contribution in [1.29, 1.82) is 0 Å². The lowest BCUT2D eigenvalue weighted by Crippen LogP contribution is -2.42. The van der Waals surface area contributed by atoms with E-state index in [-0.39, 0.29) is 12.2 Å². The summed E-state index contributed by atoms with van der Waals surface area (Å²) in [6.45, 7) is 6.35. The maximum absolute atomic E-state index is 6.12. The number of rotatable bonds is 6. The average Bonchev–Trinajstić information content (AvgIpc) is 3.04. The highest BCUT2D eigenvalue weighted by Gasteiger charge is 2.44. The molecular formula is C17H28N2O3. The highest BCUT2D eigenvalue weighted by atomic mass is 16.5. The van der Waals surface area contributed by atoms with E-state index in [4.69, 9.17) is 13.9 Å². The summed E-state index contributed by atoms with van der Waals surface area (Å²) in [4.78, 5) is 4.62. The van der Waals surface area contributed by atoms with Crippen molar-refractivity contribution in [3.63, 3.8) is 0 Å². The molecule has 124 valence electrons. The van der Waals surface area contributed by atoms with Crippen LogP contribution < -0.4 is 0 Å². The van der Waals surface area contributed by atoms with E-state index in [0.717, 1.165) is 50.8 Å². The van der Waals surface area contributed by atoms with Gasteiger partial charge < -0.3 is 18.8 Å². The molecule has 3 rings (SSSR count). The first-order chi connectivity index (χ1) is 10.6. The minimum Gasteiger partial charge on any atom is -0.465 e. The van der Waals surface area contributed by atoms with Crippen LogP contribution in [0.4, 0.5) is 0 Å². The monoisotopic (exact) mass is 308 g/mol. The molecule has 1 aromatic rings. The number of ether oxygens (including phenoxy) is 2. The van der Waals surface area contributed by atoms with Crippen molar-refractivity contribution in [2.45, 2.75) is 44.6 Å². The molecule has 0 saturated carbocycles. The SMILES string of the molecule is Cc1ccc(CN2C[C@H](OCCN(C)C)[C@H]3OCCC[C@H]32)o1. The van der Waals surface area contributed by atoms with E-state index in [1.807, 2.05) is 13.0 Å². The van der Waals surface area contributed by atoms with E-state index >= 15 is 0 Å². The van der Waals surface area contributed by atoms with Gasteiger partial charge in [0.25, 0.3) is 0 Å². The van der Waals surface area contributed by atoms with Gasteiger partial charge in [0.1, 0.15) is 17.6 Å². The van der Waals surface area contributed by atoms with Gasteiger partial charge in [0.05, 0.1) is 19.3 Å². The Kier molecular flexibility index (Phi) is 5.18. The molecule has 2 fully saturated rings. The topological polar surface area (TPSA) is 38.1 Å². The maximum atomic E-state index is 6.12. The molecule has 0 radical (unpaired) electrons. The van der Waals surface area contributed by atoms with Crippen LogP contribution in [0.15, 0.2) is 16.5 Å². The van der Waals surface area contributed by atoms with Crippen LogP contribution in [0.1, 0.15) is 24.4 Å². The Bertz CT molecular complexity index is 474. The van der Waals surface area contributed by atoms with Gasteiger partial charge in [-0.15, -0.1) is 0 Å². The van der Waals surface area contributed by atoms with E-state index in [9.17, 15) is 0 Å². The van der Waals surface area contributed by atoms with Crippen molar-refractivity contribution >= 4 is 0 Å². The molecule has 0 N–H and O–H groups in total. The molecule has 0 spiro atoms. The highest BCUT2D eigenvalue weighted by Crippen LogP contribution is 2.32. The molecule has 0 bridgehead atoms. The Balaban J connectivity index is 1.61. The van der Waals surface area contributed by atoms with Gasteiger partial charge in [-0.1, -0.05) is 0 Å². The van der Waals surface area contributed by atoms with E-state index < -0.39 is 0 Å². The van der Waals surface area contributed by atoms with Gasteiger partial charge in [0.15, 0.2) is 0 Å². The predicted octanol–water partition coefficient (Wildman–Crippen LogP) is 1.90. The molecular weight excluding hydrogens is 280 g/mol. The predicted molar refractivity (Wildman–Crippen MR) is 84.9 cm³/mol. The van der Waals surface area contributed by atoms with Gasteiger partial charge in [-0.25, -0.2) is 0 Å². The molecule has 0 aliphatic carbocycles. The first kappa shape index (κ1) is 16.0. The van der Waals surface area contributed by atoms with Crippen LogP contribution in [0.3, 0.4) is 0 Å². The smallest absolute Gasteiger partial charge is 0.118 e. The first-order valence-electron chi connectivity index (χ1n) is 8.31. The highest BCUT2D eigenvalue weighted by molar-refractivity contribution is 5.07. The van der Waals surface area contributed by atoms with E-state index in [0.29, 0.717) is 6.04 Å². The summed E-state index contributed by atoms with van der Waals surface area (Å²) in [6, 6.07) is 4.57. The summed E-state index contributed by atoms with van der Waals surface area (Å²) in [5.74, 6) is 2.01. The molecule has 5 nitrogen and oxygen atoms in total. The van der Waals surface area contributed by atoms with Crippen molar-refractivity contribution in [3.05, 3.63) is 23.7 Å². The number of furan rings is 1. The minimum atomic E-state index is 0.182. The lowest BCUT2D eigenvalue weighted by molar-refractivity contribution is -0.0788. The molecule has 2 aliphatic rings. The first-order valence-corrected chi connectivity index (χ1v) is 8.31. The van der Waals surface area contributed by atoms with Crippen molar-refractivity contribution in [3.8, 4) is 0 Å². The van der Waals surface area contributed by atoms with Gasteiger partial charge in [-0.3, -0.25) is 4.90 Å². The molecule has 0 unspecified atom stereocenters. The standard InChI is InChI=1S/C17H28N2O3/c1-13-6-7-14(22-13)11-19-12-16(20-10-8-18(2)3)17-15(19)5-4-9-21-17/h6-7,15-17H,4-5,8-12H2,1-3H3/t15-,16+,17+/m1/s1. The van der Waals surface area contributed by atoms with Crippen molar-refractivity contribution in [2.75, 3.05) is 40.4 Å². The Morgan fingerprint density at radius 3 is 2.95 bits per heavy atom. The zero-order valence-electron chi connectivity index (χ0n) is 14.0. The Morgan fingerprint density at radius 1 is 1.36 bits per heavy atom. The lowest BCUT2D eigenvalue weighted by atomic mass is 10.0. The molecule has 3 heterocycles. The number of hydrogen-bond acceptors (Lipinski definition) is 5. The van der Waals surface area contributed by atoms with E-state index in [1.54, 1.807) is 0 Å². The van der Waals surface area contributed by atoms with Gasteiger partial charge in [-0.05, 0) is 46.0 Å². The van der Waals surface area contributed by atoms with Crippen LogP contribution in [0.25, 0.3) is 0 Å². The lowest BCUT2D eigenvalue weighted by Gasteiger charge is -2.32. The number of hydrogen-bond donors (Lipinski definition) is 0. The second-order valence-electron chi connectivity index (χ2n) is 6.70. The van der Waals surface area contributed by atoms with E-state index in [2.05, 4.69) is 30.0 Å². The number of nitrogens with zero attached hydrogens (tertiary/aromatic N) is 2. The summed E-state index contributed by atoms with van der Waals surface area (Å²) in [5.41, 5.74) is 0. The number of likely N-dealkylation sites (N-methyl/N-ethyl adjacent to an activating group) is 1. The van der Waals surface area contributed by atoms with E-state index in [1.165, 1.54) is 6.42 Å². The van der Waals surface area contributed by atoms with Crippen LogP contribution in [-0.4, -0.2) is 68.4 Å². The molecule has 3 atom stereocenters. The Hall–Kier alpha value is -0.880. The third kappa shape index (κ3) is 3.71. The molecule has 0 aromatic carbocycles. The quantitative estimate of drug-likeness (QED) is 0.802. The van der Waals surface area contributed by atoms with Gasteiger partial charge >= 0.3 is 0 Å². The fourth-order valence-corrected chi connectivity index (χ4v) is 3.49. The zero-order chi connectivity index (χ0) is 15.5. The molecule has 2 saturated heterocycles. The van der Waals surface area contributed by atoms with Crippen LogP contribution >= 0.6 is 0 Å². The molecule has 5 heteroatoms. The average molecular weight is 308 g/mol. The summed E-state index contributed by atoms with van der Waals surface area (Å²) < 4.78 is 17.9. The van der Waals surface area contributed by atoms with Gasteiger partial charge in [-0.2, -0.15) is 0 Å². The summed E-state index contributed by atoms with van der Waals surface area (Å²) >= 11 is 0. The van der Waals surface area contributed by atoms with Gasteiger partial charge in [0, 0.05) is 25.7 Å². The number of fused-ring (bicyclic) bond motifs is 1. The fraction of sp³-hybridized carbons (Fsp3) is 0.765. The molecule has 22 heavy (non-hydrogen) atoms. The second-order valence-corrected chi connectivity index (χ2v) is 6.70. The van der Waals surface area contributed by atoms with Gasteiger partial charge in [0.2, 0.25) is 0 Å². The third-order valence-corrected chi connectivity index (χ3v) is 4.61. The van der Waals surface area contributed by atoms with Crippen LogP contribution in [0.5, 0.6) is 0 Å². The van der Waals surface area contributed by atoms with Crippen molar-refractivity contribution < 1.29 is 13.9 Å². The maximum Gasteiger partial charge on any atom is 0.118 e. The number of aryl methyl sites for hydroxylation is 1. The summed E-state index contributed by atoms with van der Waals surface area (Å²) in [5, 5.41) is 0. The van der Waals surface area contributed by atoms with Crippen molar-refractivity contribution in [2.24, 2.45) is 0 Å². The second kappa shape index (κ2) is 7.13. The minimum absolute atomic E-state index is 0.182. The molecule has 1 aromatic heterocycles. The number of likely N-dealkylation sites (tertiary alicyclic amines) is 1. The molecule has 2 aliphatic heterocycles. The summed E-state index contributed by atoms with van der Waals surface area (Å²) in [6.07, 6.45) is 2.73. The Labute approximate surface area is 133 Å². The fourth-order valence-electron chi connectivity index (χ4n) is 3.49. The molecule has 0 amide bonds. The van der Waals surface area contributed by atoms with Crippen LogP contribution in [0.2, 0.25) is 0 Å². The van der Waals surface area contributed by atoms with Crippen molar-refractivity contribution in [1.82, 2.24) is 9.80 Å². The third-order valence-electron chi connectivity index (χ3n) is 4.61. The van der Waals surface area contributed by atoms with Crippen LogP contribution in [-0.2, 0) is 16.0 Å². The van der Waals surface area contributed by atoms with Crippen LogP contribution in [0, 0.1) is 6.92 Å². The Morgan fingerprint density at radius 2 is 2.23 bits per heavy atom. The zero-order valence-corrected chi connectivity index (χ0v) is 14.0. The summed E-state index contributed by atoms with van der Waals surface area (Å²) in [7, 11) is 4.15.